The molecule has 2 saturated carbocycles. The van der Waals surface area contributed by atoms with Crippen LogP contribution in [0.1, 0.15) is 50.5 Å². The largest absolute Gasteiger partial charge is 0.352 e. The van der Waals surface area contributed by atoms with Crippen molar-refractivity contribution in [3.8, 4) is 0 Å². The second kappa shape index (κ2) is 7.17. The van der Waals surface area contributed by atoms with Crippen LogP contribution in [0.2, 0.25) is 0 Å². The number of nitrogens with zero attached hydrogens (tertiary/aromatic N) is 1. The SMILES string of the molecule is O=C(NCc1cccc(F)c1)[C@H]1CN(S(=O)(=O)C2CC2)CC12CCCCC2. The summed E-state index contributed by atoms with van der Waals surface area (Å²) in [7, 11) is -3.28. The Bertz CT molecular complexity index is 816. The van der Waals surface area contributed by atoms with Gasteiger partial charge in [0.2, 0.25) is 15.9 Å². The Kier molecular flexibility index (Phi) is 5.01. The molecule has 1 aliphatic heterocycles. The van der Waals surface area contributed by atoms with Gasteiger partial charge in [0.25, 0.3) is 0 Å². The summed E-state index contributed by atoms with van der Waals surface area (Å²) in [5.41, 5.74) is 0.466. The summed E-state index contributed by atoms with van der Waals surface area (Å²) in [6.45, 7) is 1.02. The Morgan fingerprint density at radius 3 is 2.63 bits per heavy atom. The second-order valence-corrected chi connectivity index (χ2v) is 10.6. The van der Waals surface area contributed by atoms with Crippen LogP contribution in [0.25, 0.3) is 0 Å². The molecule has 27 heavy (non-hydrogen) atoms. The Hall–Kier alpha value is -1.47. The first-order chi connectivity index (χ1) is 12.9. The van der Waals surface area contributed by atoms with Crippen LogP contribution in [0.5, 0.6) is 0 Å². The van der Waals surface area contributed by atoms with Crippen molar-refractivity contribution in [1.29, 1.82) is 0 Å². The Morgan fingerprint density at radius 2 is 1.96 bits per heavy atom. The minimum absolute atomic E-state index is 0.102. The lowest BCUT2D eigenvalue weighted by Crippen LogP contribution is -2.42. The summed E-state index contributed by atoms with van der Waals surface area (Å²) >= 11 is 0. The zero-order chi connectivity index (χ0) is 19.1. The summed E-state index contributed by atoms with van der Waals surface area (Å²) < 4.78 is 40.5. The Morgan fingerprint density at radius 1 is 1.22 bits per heavy atom. The molecule has 0 aromatic heterocycles. The number of benzene rings is 1. The van der Waals surface area contributed by atoms with Crippen LogP contribution in [-0.2, 0) is 21.4 Å². The highest BCUT2D eigenvalue weighted by molar-refractivity contribution is 7.90. The summed E-state index contributed by atoms with van der Waals surface area (Å²) in [5, 5.41) is 2.69. The topological polar surface area (TPSA) is 66.5 Å². The van der Waals surface area contributed by atoms with Crippen molar-refractivity contribution in [1.82, 2.24) is 9.62 Å². The van der Waals surface area contributed by atoms with Gasteiger partial charge in [-0.25, -0.2) is 17.1 Å². The minimum Gasteiger partial charge on any atom is -0.352 e. The molecule has 1 aromatic rings. The maximum atomic E-state index is 13.4. The van der Waals surface area contributed by atoms with Crippen molar-refractivity contribution in [3.63, 3.8) is 0 Å². The van der Waals surface area contributed by atoms with Gasteiger partial charge in [-0.3, -0.25) is 4.79 Å². The zero-order valence-corrected chi connectivity index (χ0v) is 16.3. The van der Waals surface area contributed by atoms with Crippen molar-refractivity contribution < 1.29 is 17.6 Å². The smallest absolute Gasteiger partial charge is 0.225 e. The summed E-state index contributed by atoms with van der Waals surface area (Å²) in [6, 6.07) is 6.19. The molecular formula is C20H27FN2O3S. The highest BCUT2D eigenvalue weighted by Crippen LogP contribution is 2.49. The normalized spacial score (nSPS) is 25.6. The molecule has 0 bridgehead atoms. The van der Waals surface area contributed by atoms with E-state index in [1.54, 1.807) is 16.4 Å². The molecule has 1 atom stereocenters. The number of nitrogens with one attached hydrogen (secondary N) is 1. The monoisotopic (exact) mass is 394 g/mol. The first-order valence-corrected chi connectivity index (χ1v) is 11.4. The lowest BCUT2D eigenvalue weighted by Gasteiger charge is -2.37. The van der Waals surface area contributed by atoms with Crippen LogP contribution in [0, 0.1) is 17.2 Å². The highest BCUT2D eigenvalue weighted by atomic mass is 32.2. The molecule has 3 fully saturated rings. The van der Waals surface area contributed by atoms with E-state index < -0.39 is 10.0 Å². The fourth-order valence-electron chi connectivity index (χ4n) is 4.78. The quantitative estimate of drug-likeness (QED) is 0.835. The third-order valence-corrected chi connectivity index (χ3v) is 8.76. The molecule has 1 spiro atoms. The van der Waals surface area contributed by atoms with Crippen LogP contribution >= 0.6 is 0 Å². The summed E-state index contributed by atoms with van der Waals surface area (Å²) in [6.07, 6.45) is 6.53. The lowest BCUT2D eigenvalue weighted by atomic mass is 9.67. The first-order valence-electron chi connectivity index (χ1n) is 9.92. The van der Waals surface area contributed by atoms with E-state index in [4.69, 9.17) is 0 Å². The Labute approximate surface area is 160 Å². The average Bonchev–Trinajstić information content (AvgIpc) is 3.44. The average molecular weight is 395 g/mol. The standard InChI is InChI=1S/C20H27FN2O3S/c21-16-6-4-5-15(11-16)12-22-19(24)18-13-23(27(25,26)17-7-8-17)14-20(18)9-2-1-3-10-20/h4-6,11,17-18H,1-3,7-10,12-14H2,(H,22,24)/t18-/m1/s1. The molecule has 1 saturated heterocycles. The van der Waals surface area contributed by atoms with Crippen LogP contribution < -0.4 is 5.32 Å². The van der Waals surface area contributed by atoms with E-state index >= 15 is 0 Å². The van der Waals surface area contributed by atoms with Gasteiger partial charge >= 0.3 is 0 Å². The van der Waals surface area contributed by atoms with E-state index in [-0.39, 0.29) is 41.4 Å². The molecule has 1 aromatic carbocycles. The van der Waals surface area contributed by atoms with Crippen molar-refractivity contribution in [2.75, 3.05) is 13.1 Å². The molecule has 0 radical (unpaired) electrons. The maximum absolute atomic E-state index is 13.4. The van der Waals surface area contributed by atoms with Crippen molar-refractivity contribution >= 4 is 15.9 Å². The highest BCUT2D eigenvalue weighted by Gasteiger charge is 2.54. The number of hydrogen-bond acceptors (Lipinski definition) is 3. The van der Waals surface area contributed by atoms with E-state index in [0.29, 0.717) is 12.1 Å². The minimum atomic E-state index is -3.28. The molecule has 5 nitrogen and oxygen atoms in total. The van der Waals surface area contributed by atoms with Gasteiger partial charge in [0.05, 0.1) is 11.2 Å². The maximum Gasteiger partial charge on any atom is 0.225 e. The summed E-state index contributed by atoms with van der Waals surface area (Å²) in [5.74, 6) is -0.748. The third-order valence-electron chi connectivity index (χ3n) is 6.44. The van der Waals surface area contributed by atoms with Gasteiger partial charge in [-0.15, -0.1) is 0 Å². The van der Waals surface area contributed by atoms with E-state index in [2.05, 4.69) is 5.32 Å². The predicted octanol–water partition coefficient (Wildman–Crippen LogP) is 2.82. The van der Waals surface area contributed by atoms with E-state index in [0.717, 1.165) is 44.9 Å². The molecule has 1 heterocycles. The number of carbonyl (C=O) groups excluding carboxylic acids is 1. The van der Waals surface area contributed by atoms with Crippen LogP contribution in [0.3, 0.4) is 0 Å². The number of amides is 1. The second-order valence-electron chi connectivity index (χ2n) is 8.36. The molecule has 0 unspecified atom stereocenters. The lowest BCUT2D eigenvalue weighted by molar-refractivity contribution is -0.128. The molecule has 1 N–H and O–H groups in total. The van der Waals surface area contributed by atoms with Crippen molar-refractivity contribution in [3.05, 3.63) is 35.6 Å². The van der Waals surface area contributed by atoms with Crippen LogP contribution in [0.15, 0.2) is 24.3 Å². The van der Waals surface area contributed by atoms with E-state index in [1.165, 1.54) is 12.1 Å². The molecule has 7 heteroatoms. The van der Waals surface area contributed by atoms with Gasteiger partial charge in [-0.05, 0) is 48.8 Å². The molecule has 148 valence electrons. The molecular weight excluding hydrogens is 367 g/mol. The van der Waals surface area contributed by atoms with Gasteiger partial charge in [0.1, 0.15) is 5.82 Å². The van der Waals surface area contributed by atoms with Gasteiger partial charge in [-0.1, -0.05) is 31.4 Å². The molecule has 2 aliphatic carbocycles. The fourth-order valence-corrected chi connectivity index (χ4v) is 6.72. The number of halogens is 1. The van der Waals surface area contributed by atoms with E-state index in [1.807, 2.05) is 0 Å². The van der Waals surface area contributed by atoms with Gasteiger partial charge < -0.3 is 5.32 Å². The fraction of sp³-hybridized carbons (Fsp3) is 0.650. The predicted molar refractivity (Wildman–Crippen MR) is 101 cm³/mol. The number of rotatable bonds is 5. The van der Waals surface area contributed by atoms with Crippen LogP contribution in [0.4, 0.5) is 4.39 Å². The third kappa shape index (κ3) is 3.76. The van der Waals surface area contributed by atoms with Gasteiger partial charge in [0.15, 0.2) is 0 Å². The summed E-state index contributed by atoms with van der Waals surface area (Å²) in [4.78, 5) is 13.0. The van der Waals surface area contributed by atoms with E-state index in [9.17, 15) is 17.6 Å². The zero-order valence-electron chi connectivity index (χ0n) is 15.5. The number of hydrogen-bond donors (Lipinski definition) is 1. The first kappa shape index (κ1) is 18.9. The molecule has 4 rings (SSSR count). The van der Waals surface area contributed by atoms with Crippen molar-refractivity contribution in [2.24, 2.45) is 11.3 Å². The molecule has 3 aliphatic rings. The van der Waals surface area contributed by atoms with Gasteiger partial charge in [0, 0.05) is 19.6 Å². The number of sulfonamides is 1. The van der Waals surface area contributed by atoms with Crippen molar-refractivity contribution in [2.45, 2.75) is 56.7 Å². The van der Waals surface area contributed by atoms with Crippen LogP contribution in [-0.4, -0.2) is 37.0 Å². The molecule has 1 amide bonds. The number of carbonyl (C=O) groups is 1. The Balaban J connectivity index is 1.50. The van der Waals surface area contributed by atoms with Gasteiger partial charge in [-0.2, -0.15) is 0 Å².